The van der Waals surface area contributed by atoms with Gasteiger partial charge < -0.3 is 5.32 Å². The van der Waals surface area contributed by atoms with Crippen LogP contribution in [0.1, 0.15) is 24.5 Å². The first-order chi connectivity index (χ1) is 6.72. The van der Waals surface area contributed by atoms with Crippen molar-refractivity contribution in [3.05, 3.63) is 32.8 Å². The van der Waals surface area contributed by atoms with E-state index < -0.39 is 0 Å². The standard InChI is InChI=1S/C11H13BrClN/c1-2-7-5-8-9(6-14-7)11(13)4-3-10(8)12/h3-4,7,14H,2,5-6H2,1H3. The lowest BCUT2D eigenvalue weighted by Gasteiger charge is -2.26. The first-order valence-corrected chi connectivity index (χ1v) is 6.08. The molecule has 0 saturated heterocycles. The van der Waals surface area contributed by atoms with Crippen LogP contribution in [0.15, 0.2) is 16.6 Å². The van der Waals surface area contributed by atoms with Crippen molar-refractivity contribution in [3.8, 4) is 0 Å². The molecule has 1 heterocycles. The summed E-state index contributed by atoms with van der Waals surface area (Å²) in [5, 5.41) is 4.37. The molecule has 1 aromatic carbocycles. The maximum absolute atomic E-state index is 6.14. The molecule has 0 aromatic heterocycles. The van der Waals surface area contributed by atoms with Gasteiger partial charge in [-0.15, -0.1) is 0 Å². The summed E-state index contributed by atoms with van der Waals surface area (Å²) in [6.07, 6.45) is 2.24. The van der Waals surface area contributed by atoms with Gasteiger partial charge in [0.1, 0.15) is 0 Å². The van der Waals surface area contributed by atoms with E-state index in [0.717, 1.165) is 18.0 Å². The second-order valence-corrected chi connectivity index (χ2v) is 4.94. The predicted molar refractivity (Wildman–Crippen MR) is 63.8 cm³/mol. The molecule has 1 nitrogen and oxygen atoms in total. The molecule has 3 heteroatoms. The lowest BCUT2D eigenvalue weighted by atomic mass is 9.94. The van der Waals surface area contributed by atoms with E-state index in [-0.39, 0.29) is 0 Å². The van der Waals surface area contributed by atoms with E-state index in [1.807, 2.05) is 12.1 Å². The number of nitrogens with one attached hydrogen (secondary N) is 1. The highest BCUT2D eigenvalue weighted by Gasteiger charge is 2.20. The molecule has 1 atom stereocenters. The molecule has 14 heavy (non-hydrogen) atoms. The largest absolute Gasteiger partial charge is 0.310 e. The Morgan fingerprint density at radius 1 is 1.50 bits per heavy atom. The number of benzene rings is 1. The fraction of sp³-hybridized carbons (Fsp3) is 0.455. The van der Waals surface area contributed by atoms with E-state index in [2.05, 4.69) is 28.2 Å². The van der Waals surface area contributed by atoms with E-state index in [1.54, 1.807) is 0 Å². The van der Waals surface area contributed by atoms with Gasteiger partial charge in [0.05, 0.1) is 0 Å². The molecule has 0 radical (unpaired) electrons. The Morgan fingerprint density at radius 3 is 3.00 bits per heavy atom. The number of halogens is 2. The van der Waals surface area contributed by atoms with E-state index in [1.165, 1.54) is 22.0 Å². The molecule has 0 saturated carbocycles. The van der Waals surface area contributed by atoms with Gasteiger partial charge >= 0.3 is 0 Å². The average molecular weight is 275 g/mol. The molecule has 76 valence electrons. The van der Waals surface area contributed by atoms with Crippen LogP contribution in [0.5, 0.6) is 0 Å². The highest BCUT2D eigenvalue weighted by atomic mass is 79.9. The predicted octanol–water partition coefficient (Wildman–Crippen LogP) is 3.53. The topological polar surface area (TPSA) is 12.0 Å². The summed E-state index contributed by atoms with van der Waals surface area (Å²) in [6.45, 7) is 3.10. The molecular formula is C11H13BrClN. The van der Waals surface area contributed by atoms with Crippen LogP contribution in [-0.4, -0.2) is 6.04 Å². The average Bonchev–Trinajstić information content (AvgIpc) is 2.23. The van der Waals surface area contributed by atoms with E-state index in [4.69, 9.17) is 11.6 Å². The number of hydrogen-bond donors (Lipinski definition) is 1. The molecule has 0 fully saturated rings. The van der Waals surface area contributed by atoms with Crippen molar-refractivity contribution in [2.24, 2.45) is 0 Å². The minimum atomic E-state index is 0.595. The van der Waals surface area contributed by atoms with E-state index >= 15 is 0 Å². The molecule has 1 N–H and O–H groups in total. The smallest absolute Gasteiger partial charge is 0.0454 e. The van der Waals surface area contributed by atoms with Crippen LogP contribution in [0.3, 0.4) is 0 Å². The molecule has 1 unspecified atom stereocenters. The zero-order valence-electron chi connectivity index (χ0n) is 8.11. The lowest BCUT2D eigenvalue weighted by molar-refractivity contribution is 0.467. The van der Waals surface area contributed by atoms with Gasteiger partial charge in [-0.25, -0.2) is 0 Å². The number of fused-ring (bicyclic) bond motifs is 1. The SMILES string of the molecule is CCC1Cc2c(Br)ccc(Cl)c2CN1. The minimum absolute atomic E-state index is 0.595. The van der Waals surface area contributed by atoms with Gasteiger partial charge in [0, 0.05) is 22.1 Å². The quantitative estimate of drug-likeness (QED) is 0.826. The summed E-state index contributed by atoms with van der Waals surface area (Å²) in [5.41, 5.74) is 2.63. The molecule has 1 aliphatic heterocycles. The third-order valence-corrected chi connectivity index (χ3v) is 3.92. The Kier molecular flexibility index (Phi) is 3.15. The highest BCUT2D eigenvalue weighted by molar-refractivity contribution is 9.10. The fourth-order valence-electron chi connectivity index (χ4n) is 1.90. The number of hydrogen-bond acceptors (Lipinski definition) is 1. The fourth-order valence-corrected chi connectivity index (χ4v) is 2.68. The maximum Gasteiger partial charge on any atom is 0.0454 e. The molecule has 0 aliphatic carbocycles. The Hall–Kier alpha value is -0.0500. The van der Waals surface area contributed by atoms with Crippen LogP contribution >= 0.6 is 27.5 Å². The van der Waals surface area contributed by atoms with Crippen molar-refractivity contribution in [1.82, 2.24) is 5.32 Å². The van der Waals surface area contributed by atoms with Gasteiger partial charge in [-0.3, -0.25) is 0 Å². The summed E-state index contributed by atoms with van der Waals surface area (Å²) in [6, 6.07) is 4.59. The third-order valence-electron chi connectivity index (χ3n) is 2.83. The second kappa shape index (κ2) is 4.21. The normalized spacial score (nSPS) is 20.6. The summed E-state index contributed by atoms with van der Waals surface area (Å²) < 4.78 is 1.19. The zero-order valence-corrected chi connectivity index (χ0v) is 10.5. The van der Waals surface area contributed by atoms with Gasteiger partial charge in [-0.05, 0) is 36.1 Å². The van der Waals surface area contributed by atoms with Crippen LogP contribution in [0, 0.1) is 0 Å². The van der Waals surface area contributed by atoms with Gasteiger partial charge in [0.25, 0.3) is 0 Å². The van der Waals surface area contributed by atoms with E-state index in [9.17, 15) is 0 Å². The summed E-state index contributed by atoms with van der Waals surface area (Å²) >= 11 is 9.73. The monoisotopic (exact) mass is 273 g/mol. The summed E-state index contributed by atoms with van der Waals surface area (Å²) in [4.78, 5) is 0. The lowest BCUT2D eigenvalue weighted by Crippen LogP contribution is -2.35. The Labute approximate surface area is 98.0 Å². The van der Waals surface area contributed by atoms with Crippen molar-refractivity contribution in [3.63, 3.8) is 0 Å². The molecule has 1 aromatic rings. The van der Waals surface area contributed by atoms with Crippen molar-refractivity contribution in [1.29, 1.82) is 0 Å². The molecule has 2 rings (SSSR count). The first kappa shape index (κ1) is 10.5. The van der Waals surface area contributed by atoms with E-state index in [0.29, 0.717) is 6.04 Å². The van der Waals surface area contributed by atoms with Crippen LogP contribution in [0.25, 0.3) is 0 Å². The molecular weight excluding hydrogens is 261 g/mol. The van der Waals surface area contributed by atoms with Crippen LogP contribution in [-0.2, 0) is 13.0 Å². The van der Waals surface area contributed by atoms with Gasteiger partial charge in [0.15, 0.2) is 0 Å². The van der Waals surface area contributed by atoms with Crippen molar-refractivity contribution in [2.75, 3.05) is 0 Å². The Balaban J connectivity index is 2.40. The first-order valence-electron chi connectivity index (χ1n) is 4.91. The maximum atomic E-state index is 6.14. The van der Waals surface area contributed by atoms with Crippen LogP contribution in [0.2, 0.25) is 5.02 Å². The minimum Gasteiger partial charge on any atom is -0.310 e. The Bertz CT molecular complexity index is 351. The molecule has 0 amide bonds. The molecule has 1 aliphatic rings. The van der Waals surface area contributed by atoms with Crippen molar-refractivity contribution < 1.29 is 0 Å². The van der Waals surface area contributed by atoms with Crippen LogP contribution in [0.4, 0.5) is 0 Å². The summed E-state index contributed by atoms with van der Waals surface area (Å²) in [7, 11) is 0. The zero-order chi connectivity index (χ0) is 10.1. The summed E-state index contributed by atoms with van der Waals surface area (Å²) in [5.74, 6) is 0. The number of rotatable bonds is 1. The highest BCUT2D eigenvalue weighted by Crippen LogP contribution is 2.31. The van der Waals surface area contributed by atoms with Crippen molar-refractivity contribution >= 4 is 27.5 Å². The third kappa shape index (κ3) is 1.83. The van der Waals surface area contributed by atoms with Crippen LogP contribution < -0.4 is 5.32 Å². The van der Waals surface area contributed by atoms with Gasteiger partial charge in [-0.1, -0.05) is 34.5 Å². The molecule has 0 spiro atoms. The van der Waals surface area contributed by atoms with Gasteiger partial charge in [0.2, 0.25) is 0 Å². The second-order valence-electron chi connectivity index (χ2n) is 3.68. The van der Waals surface area contributed by atoms with Crippen molar-refractivity contribution in [2.45, 2.75) is 32.4 Å². The van der Waals surface area contributed by atoms with Gasteiger partial charge in [-0.2, -0.15) is 0 Å². The molecule has 0 bridgehead atoms. The Morgan fingerprint density at radius 2 is 2.29 bits per heavy atom.